The average Bonchev–Trinajstić information content (AvgIpc) is 2.61. The van der Waals surface area contributed by atoms with E-state index in [9.17, 15) is 4.79 Å². The van der Waals surface area contributed by atoms with E-state index in [0.717, 1.165) is 6.42 Å². The molecule has 0 aliphatic heterocycles. The zero-order chi connectivity index (χ0) is 17.2. The summed E-state index contributed by atoms with van der Waals surface area (Å²) in [5.41, 5.74) is 6.99. The number of hydrogen-bond donors (Lipinski definition) is 2. The van der Waals surface area contributed by atoms with Crippen LogP contribution in [0.1, 0.15) is 38.5 Å². The molecule has 4 nitrogen and oxygen atoms in total. The molecule has 3 N–H and O–H groups in total. The molecule has 4 heteroatoms. The Bertz CT molecular complexity index is 575. The third-order valence-corrected chi connectivity index (χ3v) is 4.56. The summed E-state index contributed by atoms with van der Waals surface area (Å²) in [6, 6.07) is 7.22. The number of rotatable bonds is 7. The monoisotopic (exact) mass is 328 g/mol. The highest BCUT2D eigenvalue weighted by molar-refractivity contribution is 6.01. The van der Waals surface area contributed by atoms with Crippen LogP contribution < -0.4 is 11.1 Å². The molecule has 1 aromatic rings. The van der Waals surface area contributed by atoms with Crippen LogP contribution in [0.2, 0.25) is 0 Å². The lowest BCUT2D eigenvalue weighted by molar-refractivity contribution is -0.111. The van der Waals surface area contributed by atoms with Gasteiger partial charge >= 0.3 is 0 Å². The number of hydrogen-bond acceptors (Lipinski definition) is 3. The highest BCUT2D eigenvalue weighted by Crippen LogP contribution is 2.29. The summed E-state index contributed by atoms with van der Waals surface area (Å²) in [6.45, 7) is 0. The van der Waals surface area contributed by atoms with Crippen molar-refractivity contribution < 1.29 is 9.53 Å². The molecule has 1 aliphatic rings. The highest BCUT2D eigenvalue weighted by atomic mass is 16.5. The van der Waals surface area contributed by atoms with Gasteiger partial charge in [-0.05, 0) is 37.3 Å². The number of ether oxygens (including phenoxy) is 1. The van der Waals surface area contributed by atoms with Gasteiger partial charge in [0.15, 0.2) is 0 Å². The molecule has 0 aromatic heterocycles. The van der Waals surface area contributed by atoms with Gasteiger partial charge in [-0.3, -0.25) is 4.79 Å². The van der Waals surface area contributed by atoms with Gasteiger partial charge < -0.3 is 15.8 Å². The molecule has 0 spiro atoms. The second-order valence-corrected chi connectivity index (χ2v) is 6.27. The molecule has 0 saturated heterocycles. The van der Waals surface area contributed by atoms with Crippen molar-refractivity contribution in [2.45, 2.75) is 44.6 Å². The maximum Gasteiger partial charge on any atom is 0.248 e. The first-order chi connectivity index (χ1) is 11.7. The lowest BCUT2D eigenvalue weighted by atomic mass is 9.84. The van der Waals surface area contributed by atoms with Gasteiger partial charge in [-0.1, -0.05) is 49.6 Å². The summed E-state index contributed by atoms with van der Waals surface area (Å²) < 4.78 is 5.64. The number of methoxy groups -OCH3 is 1. The Kier molecular flexibility index (Phi) is 7.56. The summed E-state index contributed by atoms with van der Waals surface area (Å²) in [5.74, 6) is 0.481. The fourth-order valence-electron chi connectivity index (χ4n) is 3.21. The number of benzene rings is 1. The van der Waals surface area contributed by atoms with Crippen LogP contribution in [0.3, 0.4) is 0 Å². The third kappa shape index (κ3) is 5.85. The first kappa shape index (κ1) is 18.3. The minimum Gasteiger partial charge on any atom is -0.397 e. The predicted molar refractivity (Wildman–Crippen MR) is 99.8 cm³/mol. The van der Waals surface area contributed by atoms with Crippen molar-refractivity contribution in [1.29, 1.82) is 0 Å². The van der Waals surface area contributed by atoms with Crippen LogP contribution in [-0.2, 0) is 9.53 Å². The number of nitrogens with two attached hydrogens (primary N) is 1. The van der Waals surface area contributed by atoms with Crippen LogP contribution in [0.25, 0.3) is 0 Å². The van der Waals surface area contributed by atoms with E-state index in [0.29, 0.717) is 17.3 Å². The first-order valence-corrected chi connectivity index (χ1v) is 8.72. The smallest absolute Gasteiger partial charge is 0.248 e. The molecule has 1 fully saturated rings. The van der Waals surface area contributed by atoms with E-state index in [2.05, 4.69) is 11.4 Å². The summed E-state index contributed by atoms with van der Waals surface area (Å²) in [4.78, 5) is 11.9. The summed E-state index contributed by atoms with van der Waals surface area (Å²) in [5, 5.41) is 2.76. The van der Waals surface area contributed by atoms with Gasteiger partial charge in [-0.2, -0.15) is 0 Å². The molecular weight excluding hydrogens is 300 g/mol. The van der Waals surface area contributed by atoms with E-state index in [1.165, 1.54) is 38.2 Å². The normalized spacial score (nSPS) is 17.4. The van der Waals surface area contributed by atoms with Gasteiger partial charge in [0, 0.05) is 13.2 Å². The van der Waals surface area contributed by atoms with Gasteiger partial charge in [0.1, 0.15) is 0 Å². The number of anilines is 2. The lowest BCUT2D eigenvalue weighted by Gasteiger charge is -2.28. The summed E-state index contributed by atoms with van der Waals surface area (Å²) in [7, 11) is 1.79. The van der Waals surface area contributed by atoms with Gasteiger partial charge in [-0.25, -0.2) is 0 Å². The van der Waals surface area contributed by atoms with Gasteiger partial charge in [0.2, 0.25) is 5.91 Å². The number of para-hydroxylation sites is 2. The van der Waals surface area contributed by atoms with E-state index in [1.807, 2.05) is 18.2 Å². The molecule has 1 saturated carbocycles. The number of carbonyl (C=O) groups excluding carboxylic acids is 1. The fraction of sp³-hybridized carbons (Fsp3) is 0.450. The number of allylic oxidation sites excluding steroid dienone is 2. The van der Waals surface area contributed by atoms with Crippen molar-refractivity contribution in [1.82, 2.24) is 0 Å². The minimum atomic E-state index is -0.187. The highest BCUT2D eigenvalue weighted by Gasteiger charge is 2.22. The molecular formula is C20H28N2O2. The second kappa shape index (κ2) is 9.93. The van der Waals surface area contributed by atoms with Crippen molar-refractivity contribution >= 4 is 17.3 Å². The lowest BCUT2D eigenvalue weighted by Crippen LogP contribution is -2.24. The molecule has 1 aromatic carbocycles. The first-order valence-electron chi connectivity index (χ1n) is 8.72. The predicted octanol–water partition coefficient (Wildman–Crippen LogP) is 4.31. The quantitative estimate of drug-likeness (QED) is 0.445. The molecule has 0 radical (unpaired) electrons. The molecule has 0 bridgehead atoms. The second-order valence-electron chi connectivity index (χ2n) is 6.27. The molecule has 2 rings (SSSR count). The van der Waals surface area contributed by atoms with E-state index < -0.39 is 0 Å². The number of nitrogen functional groups attached to an aromatic ring is 1. The topological polar surface area (TPSA) is 64.3 Å². The molecule has 1 aliphatic carbocycles. The Morgan fingerprint density at radius 3 is 2.75 bits per heavy atom. The van der Waals surface area contributed by atoms with Crippen molar-refractivity contribution in [2.24, 2.45) is 5.92 Å². The Morgan fingerprint density at radius 2 is 2.04 bits per heavy atom. The van der Waals surface area contributed by atoms with Gasteiger partial charge in [-0.15, -0.1) is 0 Å². The Hall–Kier alpha value is -2.07. The van der Waals surface area contributed by atoms with Crippen molar-refractivity contribution in [3.05, 3.63) is 48.6 Å². The van der Waals surface area contributed by atoms with E-state index >= 15 is 0 Å². The van der Waals surface area contributed by atoms with Crippen LogP contribution in [0.4, 0.5) is 11.4 Å². The fourth-order valence-corrected chi connectivity index (χ4v) is 3.21. The Balaban J connectivity index is 1.76. The van der Waals surface area contributed by atoms with Gasteiger partial charge in [0.05, 0.1) is 17.5 Å². The molecule has 1 unspecified atom stereocenters. The minimum absolute atomic E-state index is 0.187. The zero-order valence-corrected chi connectivity index (χ0v) is 14.4. The molecule has 0 heterocycles. The summed E-state index contributed by atoms with van der Waals surface area (Å²) >= 11 is 0. The molecule has 24 heavy (non-hydrogen) atoms. The van der Waals surface area contributed by atoms with Crippen molar-refractivity contribution in [3.8, 4) is 0 Å². The maximum atomic E-state index is 11.9. The largest absolute Gasteiger partial charge is 0.397 e. The van der Waals surface area contributed by atoms with Crippen molar-refractivity contribution in [2.75, 3.05) is 18.2 Å². The third-order valence-electron chi connectivity index (χ3n) is 4.56. The van der Waals surface area contributed by atoms with Gasteiger partial charge in [0.25, 0.3) is 0 Å². The number of nitrogens with one attached hydrogen (secondary N) is 1. The summed E-state index contributed by atoms with van der Waals surface area (Å²) in [6.07, 6.45) is 14.9. The SMILES string of the molecule is COC(C/C=C/C=C/C(=O)Nc1ccccc1N)C1CCCCC1. The average molecular weight is 328 g/mol. The molecule has 1 atom stereocenters. The number of amides is 1. The standard InChI is InChI=1S/C20H28N2O2/c1-24-19(16-10-4-2-5-11-16)14-6-3-7-15-20(23)22-18-13-9-8-12-17(18)21/h3,6-9,12-13,15-16,19H,2,4-5,10-11,14,21H2,1H3,(H,22,23)/b6-3+,15-7+. The Morgan fingerprint density at radius 1 is 1.29 bits per heavy atom. The van der Waals surface area contributed by atoms with E-state index in [-0.39, 0.29) is 12.0 Å². The van der Waals surface area contributed by atoms with E-state index in [4.69, 9.17) is 10.5 Å². The molecule has 1 amide bonds. The van der Waals surface area contributed by atoms with Crippen LogP contribution in [0.15, 0.2) is 48.6 Å². The van der Waals surface area contributed by atoms with Crippen LogP contribution >= 0.6 is 0 Å². The maximum absolute atomic E-state index is 11.9. The van der Waals surface area contributed by atoms with Crippen molar-refractivity contribution in [3.63, 3.8) is 0 Å². The van der Waals surface area contributed by atoms with Crippen LogP contribution in [0, 0.1) is 5.92 Å². The van der Waals surface area contributed by atoms with Crippen LogP contribution in [-0.4, -0.2) is 19.1 Å². The van der Waals surface area contributed by atoms with E-state index in [1.54, 1.807) is 25.3 Å². The zero-order valence-electron chi connectivity index (χ0n) is 14.4. The molecule has 130 valence electrons. The Labute approximate surface area is 144 Å². The number of carbonyl (C=O) groups is 1. The van der Waals surface area contributed by atoms with Crippen LogP contribution in [0.5, 0.6) is 0 Å².